The minimum atomic E-state index is -4.96. The molecule has 2 N–H and O–H groups in total. The van der Waals surface area contributed by atoms with E-state index in [1.54, 1.807) is 12.1 Å². The number of H-pyrrole nitrogens is 1. The minimum Gasteiger partial charge on any atom is -0.382 e. The standard InChI is InChI=1S/C27H17F6N5O2/c28-17-3-1-2-14(8-17)6-7-34-21-5-4-20(29)22(23(21)30)24(39)19-13-36-25-18(19)9-15(10-35-25)16-11-37-26(38-12-16)40-27(31,32)33/h1-5,8-13,34H,6-7H2,(H,35,36). The number of anilines is 1. The zero-order chi connectivity index (χ0) is 28.4. The third-order valence-corrected chi connectivity index (χ3v) is 5.88. The molecule has 0 spiro atoms. The molecule has 5 rings (SSSR count). The number of hydrogen-bond acceptors (Lipinski definition) is 6. The van der Waals surface area contributed by atoms with E-state index in [1.165, 1.54) is 30.6 Å². The SMILES string of the molecule is O=C(c1c(F)ccc(NCCc2cccc(F)c2)c1F)c1c[nH]c2ncc(-c3cnc(OC(F)(F)F)nc3)cc12. The van der Waals surface area contributed by atoms with Crippen LogP contribution in [0.25, 0.3) is 22.2 Å². The molecule has 0 saturated carbocycles. The Morgan fingerprint density at radius 1 is 0.950 bits per heavy atom. The van der Waals surface area contributed by atoms with E-state index in [-0.39, 0.29) is 34.4 Å². The van der Waals surface area contributed by atoms with E-state index in [0.29, 0.717) is 17.5 Å². The number of ketones is 1. The number of hydrogen-bond donors (Lipinski definition) is 2. The number of carbonyl (C=O) groups is 1. The second kappa shape index (κ2) is 10.7. The first kappa shape index (κ1) is 26.7. The number of nitrogens with one attached hydrogen (secondary N) is 2. The van der Waals surface area contributed by atoms with Crippen LogP contribution in [0.3, 0.4) is 0 Å². The van der Waals surface area contributed by atoms with Gasteiger partial charge >= 0.3 is 12.4 Å². The molecule has 0 unspecified atom stereocenters. The highest BCUT2D eigenvalue weighted by Gasteiger charge is 2.32. The zero-order valence-electron chi connectivity index (χ0n) is 20.2. The molecular formula is C27H17F6N5O2. The summed E-state index contributed by atoms with van der Waals surface area (Å²) in [7, 11) is 0. The summed E-state index contributed by atoms with van der Waals surface area (Å²) in [6.45, 7) is 0.189. The van der Waals surface area contributed by atoms with Crippen LogP contribution in [0, 0.1) is 17.5 Å². The molecule has 0 aliphatic carbocycles. The average molecular weight is 557 g/mol. The maximum Gasteiger partial charge on any atom is 0.575 e. The maximum absolute atomic E-state index is 15.3. The van der Waals surface area contributed by atoms with Crippen LogP contribution in [0.4, 0.5) is 32.0 Å². The van der Waals surface area contributed by atoms with E-state index < -0.39 is 41.2 Å². The second-order valence-electron chi connectivity index (χ2n) is 8.54. The van der Waals surface area contributed by atoms with Gasteiger partial charge in [-0.2, -0.15) is 0 Å². The number of carbonyl (C=O) groups excluding carboxylic acids is 1. The first-order chi connectivity index (χ1) is 19.1. The Balaban J connectivity index is 1.40. The monoisotopic (exact) mass is 557 g/mol. The lowest BCUT2D eigenvalue weighted by Gasteiger charge is -2.11. The van der Waals surface area contributed by atoms with Crippen molar-refractivity contribution in [3.05, 3.63) is 101 Å². The van der Waals surface area contributed by atoms with Crippen molar-refractivity contribution in [2.45, 2.75) is 12.8 Å². The molecule has 5 aromatic rings. The number of rotatable bonds is 8. The highest BCUT2D eigenvalue weighted by atomic mass is 19.4. The average Bonchev–Trinajstić information content (AvgIpc) is 3.33. The summed E-state index contributed by atoms with van der Waals surface area (Å²) in [6.07, 6.45) is 0.152. The number of aromatic nitrogens is 4. The highest BCUT2D eigenvalue weighted by molar-refractivity contribution is 6.16. The molecule has 0 aliphatic rings. The number of ether oxygens (including phenoxy) is 1. The number of pyridine rings is 1. The molecule has 0 bridgehead atoms. The minimum absolute atomic E-state index is 0.0861. The van der Waals surface area contributed by atoms with Crippen LogP contribution in [0.15, 0.2) is 67.3 Å². The van der Waals surface area contributed by atoms with E-state index in [9.17, 15) is 26.7 Å². The molecule has 0 radical (unpaired) electrons. The van der Waals surface area contributed by atoms with Crippen molar-refractivity contribution in [3.8, 4) is 17.1 Å². The molecule has 0 aliphatic heterocycles. The number of nitrogens with zero attached hydrogens (tertiary/aromatic N) is 3. The van der Waals surface area contributed by atoms with Crippen molar-refractivity contribution in [3.63, 3.8) is 0 Å². The van der Waals surface area contributed by atoms with E-state index in [1.807, 2.05) is 0 Å². The Labute approximate surface area is 221 Å². The fraction of sp³-hybridized carbons (Fsp3) is 0.111. The van der Waals surface area contributed by atoms with Crippen molar-refractivity contribution in [2.75, 3.05) is 11.9 Å². The van der Waals surface area contributed by atoms with Crippen LogP contribution in [-0.2, 0) is 6.42 Å². The summed E-state index contributed by atoms with van der Waals surface area (Å²) >= 11 is 0. The molecule has 40 heavy (non-hydrogen) atoms. The van der Waals surface area contributed by atoms with Gasteiger partial charge in [-0.1, -0.05) is 12.1 Å². The van der Waals surface area contributed by atoms with Gasteiger partial charge in [0.05, 0.1) is 11.3 Å². The van der Waals surface area contributed by atoms with Crippen molar-refractivity contribution in [1.82, 2.24) is 19.9 Å². The van der Waals surface area contributed by atoms with Crippen molar-refractivity contribution in [1.29, 1.82) is 0 Å². The normalized spacial score (nSPS) is 11.6. The van der Waals surface area contributed by atoms with E-state index in [2.05, 4.69) is 30.0 Å². The van der Waals surface area contributed by atoms with Crippen LogP contribution >= 0.6 is 0 Å². The van der Waals surface area contributed by atoms with E-state index in [4.69, 9.17) is 0 Å². The Kier molecular flexibility index (Phi) is 7.11. The lowest BCUT2D eigenvalue weighted by atomic mass is 10.00. The topological polar surface area (TPSA) is 92.8 Å². The van der Waals surface area contributed by atoms with Gasteiger partial charge in [0.1, 0.15) is 17.3 Å². The van der Waals surface area contributed by atoms with E-state index >= 15 is 4.39 Å². The molecule has 0 fully saturated rings. The van der Waals surface area contributed by atoms with Gasteiger partial charge in [0.25, 0.3) is 0 Å². The molecule has 13 heteroatoms. The number of fused-ring (bicyclic) bond motifs is 1. The Morgan fingerprint density at radius 3 is 2.42 bits per heavy atom. The lowest BCUT2D eigenvalue weighted by molar-refractivity contribution is -0.277. The molecule has 0 atom stereocenters. The van der Waals surface area contributed by atoms with Crippen LogP contribution in [-0.4, -0.2) is 38.6 Å². The van der Waals surface area contributed by atoms with Crippen LogP contribution in [0.1, 0.15) is 21.5 Å². The van der Waals surface area contributed by atoms with Gasteiger partial charge < -0.3 is 15.0 Å². The summed E-state index contributed by atoms with van der Waals surface area (Å²) in [5.74, 6) is -3.55. The summed E-state index contributed by atoms with van der Waals surface area (Å²) in [6, 6.07) is 8.57. The van der Waals surface area contributed by atoms with Crippen molar-refractivity contribution in [2.24, 2.45) is 0 Å². The largest absolute Gasteiger partial charge is 0.575 e. The summed E-state index contributed by atoms with van der Waals surface area (Å²) < 4.78 is 84.3. The van der Waals surface area contributed by atoms with Gasteiger partial charge in [-0.15, -0.1) is 13.2 Å². The van der Waals surface area contributed by atoms with E-state index in [0.717, 1.165) is 24.5 Å². The Bertz CT molecular complexity index is 1700. The van der Waals surface area contributed by atoms with Crippen molar-refractivity contribution >= 4 is 22.5 Å². The van der Waals surface area contributed by atoms with Crippen molar-refractivity contribution < 1.29 is 35.9 Å². The second-order valence-corrected chi connectivity index (χ2v) is 8.54. The van der Waals surface area contributed by atoms with Gasteiger partial charge in [-0.25, -0.2) is 28.1 Å². The molecule has 0 amide bonds. The molecule has 0 saturated heterocycles. The zero-order valence-corrected chi connectivity index (χ0v) is 20.2. The maximum atomic E-state index is 15.3. The molecule has 7 nitrogen and oxygen atoms in total. The van der Waals surface area contributed by atoms with Gasteiger partial charge in [0.15, 0.2) is 5.82 Å². The first-order valence-corrected chi connectivity index (χ1v) is 11.7. The molecular weight excluding hydrogens is 540 g/mol. The number of benzene rings is 2. The molecule has 204 valence electrons. The summed E-state index contributed by atoms with van der Waals surface area (Å²) in [4.78, 5) is 27.3. The fourth-order valence-corrected chi connectivity index (χ4v) is 4.04. The third kappa shape index (κ3) is 5.72. The van der Waals surface area contributed by atoms with Crippen LogP contribution in [0.2, 0.25) is 0 Å². The predicted octanol–water partition coefficient (Wildman–Crippen LogP) is 6.22. The van der Waals surface area contributed by atoms with Gasteiger partial charge in [0.2, 0.25) is 5.78 Å². The number of halogens is 6. The van der Waals surface area contributed by atoms with Gasteiger partial charge in [-0.3, -0.25) is 4.79 Å². The Hall–Kier alpha value is -4.94. The lowest BCUT2D eigenvalue weighted by Crippen LogP contribution is -2.18. The number of aromatic amines is 1. The molecule has 3 aromatic heterocycles. The van der Waals surface area contributed by atoms with Gasteiger partial charge in [-0.05, 0) is 42.3 Å². The first-order valence-electron chi connectivity index (χ1n) is 11.7. The highest BCUT2D eigenvalue weighted by Crippen LogP contribution is 2.29. The summed E-state index contributed by atoms with van der Waals surface area (Å²) in [5, 5.41) is 3.01. The number of alkyl halides is 3. The summed E-state index contributed by atoms with van der Waals surface area (Å²) in [5.41, 5.74) is 0.490. The predicted molar refractivity (Wildman–Crippen MR) is 132 cm³/mol. The quantitative estimate of drug-likeness (QED) is 0.174. The van der Waals surface area contributed by atoms with Crippen LogP contribution < -0.4 is 10.1 Å². The van der Waals surface area contributed by atoms with Crippen LogP contribution in [0.5, 0.6) is 6.01 Å². The fourth-order valence-electron chi connectivity index (χ4n) is 4.04. The van der Waals surface area contributed by atoms with Gasteiger partial charge in [0, 0.05) is 53.4 Å². The molecule has 2 aromatic carbocycles. The molecule has 3 heterocycles. The Morgan fingerprint density at radius 2 is 1.70 bits per heavy atom. The smallest absolute Gasteiger partial charge is 0.382 e. The third-order valence-electron chi connectivity index (χ3n) is 5.88.